The molecular weight excluding hydrogens is 476 g/mol. The average molecular weight is 519 g/mol. The quantitative estimate of drug-likeness (QED) is 0.192. The normalized spacial score (nSPS) is 20.9. The largest absolute Gasteiger partial charge is 0.459 e. The van der Waals surface area contributed by atoms with Gasteiger partial charge in [-0.15, -0.1) is 0 Å². The molecule has 0 heterocycles. The summed E-state index contributed by atoms with van der Waals surface area (Å²) in [6, 6.07) is 20.0. The molecule has 4 atom stereocenters. The zero-order valence-corrected chi connectivity index (χ0v) is 22.9. The minimum atomic E-state index is -0.747. The summed E-state index contributed by atoms with van der Waals surface area (Å²) >= 11 is 0. The molecule has 1 saturated carbocycles. The van der Waals surface area contributed by atoms with Crippen molar-refractivity contribution in [2.45, 2.75) is 83.5 Å². The van der Waals surface area contributed by atoms with Crippen molar-refractivity contribution in [1.29, 1.82) is 0 Å². The molecule has 2 aromatic carbocycles. The number of benzene rings is 2. The second-order valence-electron chi connectivity index (χ2n) is 10.9. The Bertz CT molecular complexity index is 1060. The Hall–Kier alpha value is -3.18. The zero-order valence-electron chi connectivity index (χ0n) is 22.9. The van der Waals surface area contributed by atoms with E-state index < -0.39 is 12.1 Å². The number of unbranched alkanes of at least 4 members (excludes halogenated alkanes) is 1. The molecule has 0 amide bonds. The number of hydrogen-bond donors (Lipinski definition) is 1. The maximum Gasteiger partial charge on any atom is 0.330 e. The molecule has 1 aliphatic rings. The highest BCUT2D eigenvalue weighted by molar-refractivity contribution is 5.82. The maximum atomic E-state index is 12.7. The Kier molecular flexibility index (Phi) is 11.3. The van der Waals surface area contributed by atoms with Crippen LogP contribution in [-0.4, -0.2) is 29.3 Å². The molecule has 1 fully saturated rings. The van der Waals surface area contributed by atoms with Gasteiger partial charge < -0.3 is 14.6 Å². The van der Waals surface area contributed by atoms with Crippen molar-refractivity contribution in [1.82, 2.24) is 0 Å². The summed E-state index contributed by atoms with van der Waals surface area (Å²) in [6.07, 6.45) is 9.90. The van der Waals surface area contributed by atoms with Crippen LogP contribution in [0, 0.1) is 11.8 Å². The van der Waals surface area contributed by atoms with Crippen molar-refractivity contribution in [3.63, 3.8) is 0 Å². The molecule has 0 aromatic heterocycles. The maximum absolute atomic E-state index is 12.7. The van der Waals surface area contributed by atoms with Gasteiger partial charge in [-0.25, -0.2) is 9.59 Å². The molecule has 0 aliphatic heterocycles. The van der Waals surface area contributed by atoms with E-state index >= 15 is 0 Å². The first-order chi connectivity index (χ1) is 18.3. The minimum absolute atomic E-state index is 0.114. The third kappa shape index (κ3) is 9.29. The first kappa shape index (κ1) is 29.4. The number of rotatable bonds is 12. The third-order valence-corrected chi connectivity index (χ3v) is 7.57. The van der Waals surface area contributed by atoms with E-state index in [1.54, 1.807) is 6.08 Å². The summed E-state index contributed by atoms with van der Waals surface area (Å²) in [5.74, 6) is -0.0516. The summed E-state index contributed by atoms with van der Waals surface area (Å²) in [4.78, 5) is 24.5. The van der Waals surface area contributed by atoms with Crippen molar-refractivity contribution >= 4 is 11.9 Å². The second kappa shape index (κ2) is 14.7. The second-order valence-corrected chi connectivity index (χ2v) is 10.9. The summed E-state index contributed by atoms with van der Waals surface area (Å²) in [6.45, 7) is 6.93. The zero-order chi connectivity index (χ0) is 27.4. The Morgan fingerprint density at radius 1 is 1.00 bits per heavy atom. The Balaban J connectivity index is 1.41. The van der Waals surface area contributed by atoms with Crippen LogP contribution >= 0.6 is 0 Å². The number of allylic oxidation sites excluding steroid dienone is 1. The van der Waals surface area contributed by atoms with Gasteiger partial charge in [0.05, 0.1) is 6.10 Å². The van der Waals surface area contributed by atoms with Crippen LogP contribution in [0.3, 0.4) is 0 Å². The molecule has 5 nitrogen and oxygen atoms in total. The molecule has 0 unspecified atom stereocenters. The first-order valence-corrected chi connectivity index (χ1v) is 13.8. The lowest BCUT2D eigenvalue weighted by molar-refractivity contribution is -0.150. The van der Waals surface area contributed by atoms with Crippen LogP contribution in [0.2, 0.25) is 0 Å². The van der Waals surface area contributed by atoms with Crippen molar-refractivity contribution in [2.24, 2.45) is 11.8 Å². The van der Waals surface area contributed by atoms with Gasteiger partial charge in [0.1, 0.15) is 12.7 Å². The Morgan fingerprint density at radius 3 is 2.39 bits per heavy atom. The molecule has 0 spiro atoms. The van der Waals surface area contributed by atoms with Crippen LogP contribution in [0.4, 0.5) is 0 Å². The molecule has 38 heavy (non-hydrogen) atoms. The van der Waals surface area contributed by atoms with Crippen molar-refractivity contribution in [3.05, 3.63) is 96.1 Å². The van der Waals surface area contributed by atoms with Crippen LogP contribution in [0.15, 0.2) is 85.0 Å². The Morgan fingerprint density at radius 2 is 1.68 bits per heavy atom. The standard InChI is InChI=1S/C33H42O5/c1-25-19-21-29(33(2,3)27-15-9-5-10-16-27)30(23-25)38-32(36)22-20-28(34)17-11-6-12-18-31(35)37-24-26-13-7-4-8-14-26/h4-5,7-10,12-16,18,20,22,25,28-30,34H,6,11,17,19,21,23-24H2,1-3H3/b18-12+,22-20+/t25-,28-,29-,30-/m1/s1. The molecule has 5 heteroatoms. The van der Waals surface area contributed by atoms with Crippen LogP contribution in [0.5, 0.6) is 0 Å². The highest BCUT2D eigenvalue weighted by Gasteiger charge is 2.41. The molecule has 2 aromatic rings. The summed E-state index contributed by atoms with van der Waals surface area (Å²) in [7, 11) is 0. The molecule has 1 aliphatic carbocycles. The number of ether oxygens (including phenoxy) is 2. The lowest BCUT2D eigenvalue weighted by Crippen LogP contribution is -2.43. The van der Waals surface area contributed by atoms with Gasteiger partial charge in [0.2, 0.25) is 0 Å². The number of carbonyl (C=O) groups excluding carboxylic acids is 2. The van der Waals surface area contributed by atoms with Gasteiger partial charge in [-0.2, -0.15) is 0 Å². The van der Waals surface area contributed by atoms with Crippen LogP contribution in [0.25, 0.3) is 0 Å². The number of carbonyl (C=O) groups is 2. The third-order valence-electron chi connectivity index (χ3n) is 7.57. The lowest BCUT2D eigenvalue weighted by atomic mass is 9.64. The van der Waals surface area contributed by atoms with E-state index in [1.807, 2.05) is 36.4 Å². The van der Waals surface area contributed by atoms with Gasteiger partial charge in [-0.1, -0.05) is 93.9 Å². The van der Waals surface area contributed by atoms with E-state index in [0.29, 0.717) is 25.2 Å². The van der Waals surface area contributed by atoms with Gasteiger partial charge in [-0.3, -0.25) is 0 Å². The van der Waals surface area contributed by atoms with Crippen LogP contribution in [0.1, 0.15) is 70.4 Å². The van der Waals surface area contributed by atoms with E-state index in [0.717, 1.165) is 24.8 Å². The van der Waals surface area contributed by atoms with E-state index in [4.69, 9.17) is 9.47 Å². The molecular formula is C33H42O5. The highest BCUT2D eigenvalue weighted by atomic mass is 16.5. The molecule has 3 rings (SSSR count). The minimum Gasteiger partial charge on any atom is -0.459 e. The number of hydrogen-bond acceptors (Lipinski definition) is 5. The van der Waals surface area contributed by atoms with E-state index in [2.05, 4.69) is 45.0 Å². The van der Waals surface area contributed by atoms with Gasteiger partial charge in [0, 0.05) is 18.1 Å². The van der Waals surface area contributed by atoms with Crippen molar-refractivity contribution in [2.75, 3.05) is 0 Å². The van der Waals surface area contributed by atoms with Crippen molar-refractivity contribution in [3.8, 4) is 0 Å². The molecule has 204 valence electrons. The predicted molar refractivity (Wildman–Crippen MR) is 150 cm³/mol. The topological polar surface area (TPSA) is 72.8 Å². The summed E-state index contributed by atoms with van der Waals surface area (Å²) < 4.78 is 11.2. The summed E-state index contributed by atoms with van der Waals surface area (Å²) in [5, 5.41) is 10.3. The molecule has 0 radical (unpaired) electrons. The SMILES string of the molecule is C[C@@H]1CC[C@@H](C(C)(C)c2ccccc2)[C@H](OC(=O)/C=C/[C@H](O)CCC/C=C/C(=O)OCc2ccccc2)C1. The fraction of sp³-hybridized carbons (Fsp3) is 0.455. The van der Waals surface area contributed by atoms with Gasteiger partial charge in [0.25, 0.3) is 0 Å². The van der Waals surface area contributed by atoms with E-state index in [-0.39, 0.29) is 30.0 Å². The fourth-order valence-electron chi connectivity index (χ4n) is 5.24. The van der Waals surface area contributed by atoms with Gasteiger partial charge >= 0.3 is 11.9 Å². The number of esters is 2. The van der Waals surface area contributed by atoms with E-state index in [9.17, 15) is 14.7 Å². The molecule has 0 bridgehead atoms. The molecule has 0 saturated heterocycles. The van der Waals surface area contributed by atoms with Gasteiger partial charge in [-0.05, 0) is 60.6 Å². The molecule has 1 N–H and O–H groups in total. The lowest BCUT2D eigenvalue weighted by Gasteiger charge is -2.43. The number of aliphatic hydroxyl groups is 1. The number of aliphatic hydroxyl groups excluding tert-OH is 1. The fourth-order valence-corrected chi connectivity index (χ4v) is 5.24. The van der Waals surface area contributed by atoms with Crippen LogP contribution in [-0.2, 0) is 31.1 Å². The first-order valence-electron chi connectivity index (χ1n) is 13.8. The van der Waals surface area contributed by atoms with E-state index in [1.165, 1.54) is 23.8 Å². The highest BCUT2D eigenvalue weighted by Crippen LogP contribution is 2.43. The predicted octanol–water partition coefficient (Wildman–Crippen LogP) is 6.70. The van der Waals surface area contributed by atoms with Crippen molar-refractivity contribution < 1.29 is 24.2 Å². The smallest absolute Gasteiger partial charge is 0.330 e. The summed E-state index contributed by atoms with van der Waals surface area (Å²) in [5.41, 5.74) is 2.08. The Labute approximate surface area is 227 Å². The van der Waals surface area contributed by atoms with Gasteiger partial charge in [0.15, 0.2) is 0 Å². The average Bonchev–Trinajstić information content (AvgIpc) is 2.91. The monoisotopic (exact) mass is 518 g/mol. The van der Waals surface area contributed by atoms with Crippen LogP contribution < -0.4 is 0 Å².